The van der Waals surface area contributed by atoms with Crippen LogP contribution in [0.15, 0.2) is 12.1 Å². The number of thioether (sulfide) groups is 1. The molecule has 0 saturated heterocycles. The molecule has 1 saturated carbocycles. The predicted octanol–water partition coefficient (Wildman–Crippen LogP) is 3.76. The van der Waals surface area contributed by atoms with Gasteiger partial charge in [-0.1, -0.05) is 11.6 Å². The summed E-state index contributed by atoms with van der Waals surface area (Å²) >= 11 is 7.55. The first-order chi connectivity index (χ1) is 8.10. The van der Waals surface area contributed by atoms with E-state index in [4.69, 9.17) is 17.3 Å². The average Bonchev–Trinajstić information content (AvgIpc) is 2.73. The summed E-state index contributed by atoms with van der Waals surface area (Å²) in [6.45, 7) is 0. The molecule has 0 spiro atoms. The molecule has 0 heterocycles. The Labute approximate surface area is 110 Å². The molecule has 0 aromatic heterocycles. The topological polar surface area (TPSA) is 38.0 Å². The average molecular weight is 275 g/mol. The fourth-order valence-electron chi connectivity index (χ4n) is 2.19. The van der Waals surface area contributed by atoms with Gasteiger partial charge in [-0.25, -0.2) is 4.39 Å². The van der Waals surface area contributed by atoms with Crippen LogP contribution in [0.1, 0.15) is 19.3 Å². The van der Waals surface area contributed by atoms with Crippen molar-refractivity contribution >= 4 is 34.7 Å². The third kappa shape index (κ3) is 2.99. The Morgan fingerprint density at radius 1 is 1.47 bits per heavy atom. The highest BCUT2D eigenvalue weighted by molar-refractivity contribution is 7.99. The van der Waals surface area contributed by atoms with E-state index in [0.29, 0.717) is 22.7 Å². The second-order valence-electron chi connectivity index (χ2n) is 4.37. The molecule has 2 atom stereocenters. The van der Waals surface area contributed by atoms with Crippen molar-refractivity contribution < 1.29 is 4.39 Å². The van der Waals surface area contributed by atoms with E-state index < -0.39 is 5.82 Å². The van der Waals surface area contributed by atoms with Crippen LogP contribution in [-0.4, -0.2) is 17.5 Å². The normalized spacial score (nSPS) is 23.9. The zero-order valence-electron chi connectivity index (χ0n) is 9.67. The lowest BCUT2D eigenvalue weighted by Crippen LogP contribution is -2.17. The van der Waals surface area contributed by atoms with Crippen molar-refractivity contribution in [3.63, 3.8) is 0 Å². The Morgan fingerprint density at radius 2 is 2.24 bits per heavy atom. The first-order valence-electron chi connectivity index (χ1n) is 5.64. The van der Waals surface area contributed by atoms with E-state index in [0.717, 1.165) is 12.8 Å². The maximum Gasteiger partial charge on any atom is 0.143 e. The zero-order chi connectivity index (χ0) is 12.4. The van der Waals surface area contributed by atoms with Gasteiger partial charge in [0.05, 0.1) is 16.4 Å². The highest BCUT2D eigenvalue weighted by Crippen LogP contribution is 2.33. The van der Waals surface area contributed by atoms with Gasteiger partial charge in [0.1, 0.15) is 5.82 Å². The summed E-state index contributed by atoms with van der Waals surface area (Å²) in [5, 5.41) is 4.08. The lowest BCUT2D eigenvalue weighted by Gasteiger charge is -2.16. The van der Waals surface area contributed by atoms with Crippen LogP contribution in [0.2, 0.25) is 5.02 Å². The lowest BCUT2D eigenvalue weighted by atomic mass is 10.2. The number of hydrogen-bond donors (Lipinski definition) is 2. The fourth-order valence-corrected chi connectivity index (χ4v) is 3.16. The molecule has 2 rings (SSSR count). The molecule has 1 fully saturated rings. The van der Waals surface area contributed by atoms with Crippen molar-refractivity contribution in [2.45, 2.75) is 30.6 Å². The first kappa shape index (κ1) is 12.8. The van der Waals surface area contributed by atoms with E-state index in [1.54, 1.807) is 0 Å². The van der Waals surface area contributed by atoms with Gasteiger partial charge in [-0.05, 0) is 31.6 Å². The van der Waals surface area contributed by atoms with Gasteiger partial charge in [0.25, 0.3) is 0 Å². The summed E-state index contributed by atoms with van der Waals surface area (Å²) in [5.41, 5.74) is 6.97. The zero-order valence-corrected chi connectivity index (χ0v) is 11.2. The highest BCUT2D eigenvalue weighted by atomic mass is 35.5. The third-order valence-electron chi connectivity index (χ3n) is 3.17. The molecule has 0 amide bonds. The number of nitrogens with two attached hydrogens (primary N) is 1. The Balaban J connectivity index is 2.06. The van der Waals surface area contributed by atoms with Gasteiger partial charge in [0, 0.05) is 17.4 Å². The first-order valence-corrected chi connectivity index (χ1v) is 7.30. The minimum absolute atomic E-state index is 0.0708. The molecular formula is C12H16ClFN2S. The number of rotatable bonds is 3. The Kier molecular flexibility index (Phi) is 4.05. The SMILES string of the molecule is CSC1CCC(Nc2cc(F)c(Cl)cc2N)C1. The Hall–Kier alpha value is -0.610. The van der Waals surface area contributed by atoms with Crippen LogP contribution in [0.5, 0.6) is 0 Å². The molecule has 1 aromatic rings. The Bertz CT molecular complexity index is 414. The summed E-state index contributed by atoms with van der Waals surface area (Å²) < 4.78 is 13.3. The largest absolute Gasteiger partial charge is 0.397 e. The van der Waals surface area contributed by atoms with Gasteiger partial charge in [0.2, 0.25) is 0 Å². The summed E-state index contributed by atoms with van der Waals surface area (Å²) in [7, 11) is 0. The van der Waals surface area contributed by atoms with Gasteiger partial charge >= 0.3 is 0 Å². The molecule has 5 heteroatoms. The van der Waals surface area contributed by atoms with Crippen LogP contribution >= 0.6 is 23.4 Å². The molecule has 0 bridgehead atoms. The van der Waals surface area contributed by atoms with Gasteiger partial charge in [0.15, 0.2) is 0 Å². The molecular weight excluding hydrogens is 259 g/mol. The number of nitrogen functional groups attached to an aromatic ring is 1. The van der Waals surface area contributed by atoms with Crippen molar-refractivity contribution in [3.05, 3.63) is 23.0 Å². The van der Waals surface area contributed by atoms with Crippen molar-refractivity contribution in [1.29, 1.82) is 0 Å². The van der Waals surface area contributed by atoms with Crippen molar-refractivity contribution in [1.82, 2.24) is 0 Å². The van der Waals surface area contributed by atoms with E-state index in [-0.39, 0.29) is 5.02 Å². The van der Waals surface area contributed by atoms with E-state index in [9.17, 15) is 4.39 Å². The summed E-state index contributed by atoms with van der Waals surface area (Å²) in [6, 6.07) is 3.22. The second-order valence-corrected chi connectivity index (χ2v) is 5.91. The number of benzene rings is 1. The van der Waals surface area contributed by atoms with E-state index in [1.165, 1.54) is 18.6 Å². The molecule has 1 aliphatic rings. The molecule has 1 aliphatic carbocycles. The van der Waals surface area contributed by atoms with Gasteiger partial charge in [-0.2, -0.15) is 11.8 Å². The number of halogens is 2. The minimum atomic E-state index is -0.428. The minimum Gasteiger partial charge on any atom is -0.397 e. The van der Waals surface area contributed by atoms with E-state index in [2.05, 4.69) is 11.6 Å². The Morgan fingerprint density at radius 3 is 2.88 bits per heavy atom. The smallest absolute Gasteiger partial charge is 0.143 e. The maximum absolute atomic E-state index is 13.3. The van der Waals surface area contributed by atoms with Crippen molar-refractivity contribution in [2.24, 2.45) is 0 Å². The molecule has 0 radical (unpaired) electrons. The van der Waals surface area contributed by atoms with Crippen molar-refractivity contribution in [3.8, 4) is 0 Å². The quantitative estimate of drug-likeness (QED) is 0.825. The van der Waals surface area contributed by atoms with Crippen molar-refractivity contribution in [2.75, 3.05) is 17.3 Å². The van der Waals surface area contributed by atoms with Crippen LogP contribution in [0.3, 0.4) is 0 Å². The molecule has 2 unspecified atom stereocenters. The van der Waals surface area contributed by atoms with Gasteiger partial charge in [-0.3, -0.25) is 0 Å². The van der Waals surface area contributed by atoms with Crippen LogP contribution in [-0.2, 0) is 0 Å². The van der Waals surface area contributed by atoms with Crippen LogP contribution in [0.4, 0.5) is 15.8 Å². The fraction of sp³-hybridized carbons (Fsp3) is 0.500. The molecule has 17 heavy (non-hydrogen) atoms. The summed E-state index contributed by atoms with van der Waals surface area (Å²) in [4.78, 5) is 0. The molecule has 94 valence electrons. The highest BCUT2D eigenvalue weighted by Gasteiger charge is 2.24. The monoisotopic (exact) mass is 274 g/mol. The predicted molar refractivity (Wildman–Crippen MR) is 74.4 cm³/mol. The molecule has 0 aliphatic heterocycles. The molecule has 3 N–H and O–H groups in total. The number of nitrogens with one attached hydrogen (secondary N) is 1. The van der Waals surface area contributed by atoms with Crippen LogP contribution < -0.4 is 11.1 Å². The van der Waals surface area contributed by atoms with Crippen LogP contribution in [0, 0.1) is 5.82 Å². The maximum atomic E-state index is 13.3. The number of anilines is 2. The number of hydrogen-bond acceptors (Lipinski definition) is 3. The lowest BCUT2D eigenvalue weighted by molar-refractivity contribution is 0.628. The summed E-state index contributed by atoms with van der Waals surface area (Å²) in [5.74, 6) is -0.428. The second kappa shape index (κ2) is 5.36. The summed E-state index contributed by atoms with van der Waals surface area (Å²) in [6.07, 6.45) is 5.54. The van der Waals surface area contributed by atoms with Gasteiger partial charge in [-0.15, -0.1) is 0 Å². The standard InChI is InChI=1S/C12H16ClFN2S/c1-17-8-3-2-7(4-8)16-12-6-10(14)9(13)5-11(12)15/h5-8,16H,2-4,15H2,1H3. The van der Waals surface area contributed by atoms with E-state index in [1.807, 2.05) is 11.8 Å². The molecule has 1 aromatic carbocycles. The third-order valence-corrected chi connectivity index (χ3v) is 4.55. The molecule has 2 nitrogen and oxygen atoms in total. The van der Waals surface area contributed by atoms with Gasteiger partial charge < -0.3 is 11.1 Å². The van der Waals surface area contributed by atoms with E-state index >= 15 is 0 Å². The van der Waals surface area contributed by atoms with Crippen LogP contribution in [0.25, 0.3) is 0 Å².